The van der Waals surface area contributed by atoms with Crippen LogP contribution >= 0.6 is 15.9 Å². The molecular weight excluding hydrogens is 328 g/mol. The Morgan fingerprint density at radius 3 is 2.21 bits per heavy atom. The normalized spacial score (nSPS) is 12.9. The molecule has 0 heterocycles. The van der Waals surface area contributed by atoms with Crippen molar-refractivity contribution in [2.24, 2.45) is 0 Å². The molecule has 0 atom stereocenters. The van der Waals surface area contributed by atoms with Gasteiger partial charge in [-0.1, -0.05) is 26.8 Å². The first-order valence-electron chi connectivity index (χ1n) is 5.63. The van der Waals surface area contributed by atoms with E-state index in [0.29, 0.717) is 4.47 Å². The highest BCUT2D eigenvalue weighted by Gasteiger charge is 2.41. The summed E-state index contributed by atoms with van der Waals surface area (Å²) in [4.78, 5) is 0. The number of ether oxygens (including phenoxy) is 1. The van der Waals surface area contributed by atoms with Crippen LogP contribution in [0.3, 0.4) is 0 Å². The Morgan fingerprint density at radius 2 is 1.79 bits per heavy atom. The van der Waals surface area contributed by atoms with Crippen molar-refractivity contribution >= 4 is 15.9 Å². The minimum absolute atomic E-state index is 0.103. The van der Waals surface area contributed by atoms with E-state index in [0.717, 1.165) is 5.56 Å². The Balaban J connectivity index is 2.82. The molecule has 0 saturated carbocycles. The molecule has 0 aliphatic rings. The van der Waals surface area contributed by atoms with Gasteiger partial charge < -0.3 is 4.74 Å². The van der Waals surface area contributed by atoms with E-state index < -0.39 is 19.0 Å². The quantitative estimate of drug-likeness (QED) is 0.697. The third kappa shape index (κ3) is 4.37. The molecule has 0 saturated heterocycles. The molecule has 1 rings (SSSR count). The fraction of sp³-hybridized carbons (Fsp3) is 0.538. The van der Waals surface area contributed by atoms with E-state index in [1.54, 1.807) is 12.1 Å². The Bertz CT molecular complexity index is 441. The van der Waals surface area contributed by atoms with Crippen molar-refractivity contribution in [3.63, 3.8) is 0 Å². The summed E-state index contributed by atoms with van der Waals surface area (Å²) in [6, 6.07) is 4.95. The average molecular weight is 343 g/mol. The first kappa shape index (κ1) is 16.3. The van der Waals surface area contributed by atoms with E-state index in [9.17, 15) is 17.6 Å². The van der Waals surface area contributed by atoms with E-state index in [4.69, 9.17) is 4.74 Å². The van der Waals surface area contributed by atoms with Gasteiger partial charge in [-0.05, 0) is 39.0 Å². The molecule has 1 nitrogen and oxygen atoms in total. The van der Waals surface area contributed by atoms with Gasteiger partial charge >= 0.3 is 12.3 Å². The molecule has 0 N–H and O–H groups in total. The number of alkyl halides is 4. The smallest absolute Gasteiger partial charge is 0.340 e. The molecule has 0 radical (unpaired) electrons. The lowest BCUT2D eigenvalue weighted by atomic mass is 9.87. The van der Waals surface area contributed by atoms with Crippen molar-refractivity contribution in [2.75, 3.05) is 6.61 Å². The number of hydrogen-bond acceptors (Lipinski definition) is 1. The number of benzene rings is 1. The standard InChI is InChI=1S/C13H15BrF4O/c1-12(2,3)8-4-5-10(9(14)6-8)19-7-13(17,18)11(15)16/h4-6,11H,7H2,1-3H3. The zero-order chi connectivity index (χ0) is 14.8. The van der Waals surface area contributed by atoms with E-state index >= 15 is 0 Å². The summed E-state index contributed by atoms with van der Waals surface area (Å²) in [5.74, 6) is -4.03. The fourth-order valence-electron chi connectivity index (χ4n) is 1.32. The van der Waals surface area contributed by atoms with Gasteiger partial charge in [0.2, 0.25) is 0 Å². The van der Waals surface area contributed by atoms with Crippen LogP contribution in [0.4, 0.5) is 17.6 Å². The lowest BCUT2D eigenvalue weighted by Gasteiger charge is -2.21. The van der Waals surface area contributed by atoms with Crippen LogP contribution in [0.25, 0.3) is 0 Å². The molecule has 19 heavy (non-hydrogen) atoms. The predicted molar refractivity (Wildman–Crippen MR) is 69.3 cm³/mol. The minimum atomic E-state index is -4.15. The molecule has 0 aromatic heterocycles. The summed E-state index contributed by atoms with van der Waals surface area (Å²) < 4.78 is 54.7. The fourth-order valence-corrected chi connectivity index (χ4v) is 1.81. The third-order valence-electron chi connectivity index (χ3n) is 2.54. The SMILES string of the molecule is CC(C)(C)c1ccc(OCC(F)(F)C(F)F)c(Br)c1. The van der Waals surface area contributed by atoms with Crippen LogP contribution in [0.15, 0.2) is 22.7 Å². The van der Waals surface area contributed by atoms with Crippen LogP contribution in [-0.2, 0) is 5.41 Å². The van der Waals surface area contributed by atoms with Crippen LogP contribution in [0.2, 0.25) is 0 Å². The van der Waals surface area contributed by atoms with Gasteiger partial charge in [0.05, 0.1) is 4.47 Å². The molecule has 0 aliphatic heterocycles. The summed E-state index contributed by atoms with van der Waals surface area (Å²) in [7, 11) is 0. The van der Waals surface area contributed by atoms with Gasteiger partial charge in [-0.15, -0.1) is 0 Å². The third-order valence-corrected chi connectivity index (χ3v) is 3.16. The van der Waals surface area contributed by atoms with Crippen LogP contribution in [0.1, 0.15) is 26.3 Å². The van der Waals surface area contributed by atoms with E-state index in [1.807, 2.05) is 20.8 Å². The predicted octanol–water partition coefficient (Wildman–Crippen LogP) is 5.03. The molecule has 0 bridgehead atoms. The Hall–Kier alpha value is -0.780. The Labute approximate surface area is 118 Å². The second kappa shape index (κ2) is 5.69. The van der Waals surface area contributed by atoms with Gasteiger partial charge in [0.25, 0.3) is 0 Å². The second-order valence-corrected chi connectivity index (χ2v) is 6.10. The highest BCUT2D eigenvalue weighted by atomic mass is 79.9. The molecule has 0 spiro atoms. The zero-order valence-corrected chi connectivity index (χ0v) is 12.4. The highest BCUT2D eigenvalue weighted by Crippen LogP contribution is 2.33. The van der Waals surface area contributed by atoms with E-state index in [1.165, 1.54) is 6.07 Å². The van der Waals surface area contributed by atoms with Crippen LogP contribution in [0, 0.1) is 0 Å². The maximum absolute atomic E-state index is 12.7. The molecule has 108 valence electrons. The monoisotopic (exact) mass is 342 g/mol. The second-order valence-electron chi connectivity index (χ2n) is 5.25. The summed E-state index contributed by atoms with van der Waals surface area (Å²) in [6.07, 6.45) is -3.74. The molecule has 0 fully saturated rings. The first-order chi connectivity index (χ1) is 8.54. The van der Waals surface area contributed by atoms with Gasteiger partial charge in [0, 0.05) is 0 Å². The number of rotatable bonds is 4. The highest BCUT2D eigenvalue weighted by molar-refractivity contribution is 9.10. The van der Waals surface area contributed by atoms with Crippen molar-refractivity contribution in [3.05, 3.63) is 28.2 Å². The van der Waals surface area contributed by atoms with Crippen molar-refractivity contribution in [3.8, 4) is 5.75 Å². The van der Waals surface area contributed by atoms with E-state index in [2.05, 4.69) is 15.9 Å². The average Bonchev–Trinajstić information content (AvgIpc) is 2.25. The Morgan fingerprint density at radius 1 is 1.21 bits per heavy atom. The maximum Gasteiger partial charge on any atom is 0.340 e. The van der Waals surface area contributed by atoms with Gasteiger partial charge in [0.1, 0.15) is 5.75 Å². The number of halogens is 5. The van der Waals surface area contributed by atoms with Crippen molar-refractivity contribution in [2.45, 2.75) is 38.5 Å². The van der Waals surface area contributed by atoms with Crippen molar-refractivity contribution in [1.29, 1.82) is 0 Å². The van der Waals surface area contributed by atoms with E-state index in [-0.39, 0.29) is 11.2 Å². The largest absolute Gasteiger partial charge is 0.486 e. The zero-order valence-electron chi connectivity index (χ0n) is 10.8. The molecule has 6 heteroatoms. The molecular formula is C13H15BrF4O. The maximum atomic E-state index is 12.7. The number of hydrogen-bond donors (Lipinski definition) is 0. The summed E-state index contributed by atoms with van der Waals surface area (Å²) in [5.41, 5.74) is 0.876. The molecule has 1 aromatic rings. The first-order valence-corrected chi connectivity index (χ1v) is 6.42. The molecule has 1 aromatic carbocycles. The van der Waals surface area contributed by atoms with Crippen LogP contribution in [-0.4, -0.2) is 19.0 Å². The van der Waals surface area contributed by atoms with Gasteiger partial charge in [-0.3, -0.25) is 0 Å². The van der Waals surface area contributed by atoms with Crippen LogP contribution in [0.5, 0.6) is 5.75 Å². The summed E-state index contributed by atoms with van der Waals surface area (Å²) >= 11 is 3.19. The Kier molecular flexibility index (Phi) is 4.87. The van der Waals surface area contributed by atoms with Gasteiger partial charge in [-0.2, -0.15) is 8.78 Å². The molecule has 0 amide bonds. The van der Waals surface area contributed by atoms with Crippen molar-refractivity contribution in [1.82, 2.24) is 0 Å². The summed E-state index contributed by atoms with van der Waals surface area (Å²) in [5, 5.41) is 0. The minimum Gasteiger partial charge on any atom is -0.486 e. The lowest BCUT2D eigenvalue weighted by molar-refractivity contribution is -0.148. The molecule has 0 unspecified atom stereocenters. The van der Waals surface area contributed by atoms with Crippen LogP contribution < -0.4 is 4.74 Å². The topological polar surface area (TPSA) is 9.23 Å². The molecule has 0 aliphatic carbocycles. The van der Waals surface area contributed by atoms with Gasteiger partial charge in [-0.25, -0.2) is 8.78 Å². The van der Waals surface area contributed by atoms with Gasteiger partial charge in [0.15, 0.2) is 6.61 Å². The lowest BCUT2D eigenvalue weighted by Crippen LogP contribution is -2.33. The summed E-state index contributed by atoms with van der Waals surface area (Å²) in [6.45, 7) is 4.65. The van der Waals surface area contributed by atoms with Crippen molar-refractivity contribution < 1.29 is 22.3 Å².